The molecule has 3 aromatic rings. The molecule has 0 atom stereocenters. The van der Waals surface area contributed by atoms with Gasteiger partial charge in [-0.1, -0.05) is 23.7 Å². The number of piperidine rings is 1. The first kappa shape index (κ1) is 24.8. The first-order valence-electron chi connectivity index (χ1n) is 11.7. The molecular formula is C28H29ClN4O2. The van der Waals surface area contributed by atoms with Crippen LogP contribution in [0.5, 0.6) is 11.5 Å². The van der Waals surface area contributed by atoms with Crippen molar-refractivity contribution < 1.29 is 9.53 Å². The molecule has 0 bridgehead atoms. The van der Waals surface area contributed by atoms with Gasteiger partial charge in [0.05, 0.1) is 17.4 Å². The molecule has 4 rings (SSSR count). The van der Waals surface area contributed by atoms with Crippen LogP contribution in [-0.4, -0.2) is 27.1 Å². The van der Waals surface area contributed by atoms with E-state index >= 15 is 0 Å². The summed E-state index contributed by atoms with van der Waals surface area (Å²) in [5.41, 5.74) is 2.36. The molecule has 0 saturated carbocycles. The van der Waals surface area contributed by atoms with Gasteiger partial charge in [-0.2, -0.15) is 15.5 Å². The zero-order valence-electron chi connectivity index (χ0n) is 20.4. The minimum Gasteiger partial charge on any atom is -0.454 e. The minimum atomic E-state index is -0.0125. The van der Waals surface area contributed by atoms with Crippen molar-refractivity contribution in [2.45, 2.75) is 58.0 Å². The van der Waals surface area contributed by atoms with Crippen LogP contribution in [0.3, 0.4) is 0 Å². The van der Waals surface area contributed by atoms with Gasteiger partial charge in [0.15, 0.2) is 5.78 Å². The largest absolute Gasteiger partial charge is 0.454 e. The molecule has 2 heterocycles. The summed E-state index contributed by atoms with van der Waals surface area (Å²) in [6.45, 7) is 8.74. The van der Waals surface area contributed by atoms with Crippen LogP contribution in [0, 0.1) is 17.2 Å². The molecular weight excluding hydrogens is 460 g/mol. The number of carbonyl (C=O) groups is 1. The van der Waals surface area contributed by atoms with Gasteiger partial charge in [-0.3, -0.25) is 4.79 Å². The summed E-state index contributed by atoms with van der Waals surface area (Å²) in [7, 11) is 0. The van der Waals surface area contributed by atoms with Crippen molar-refractivity contribution in [2.75, 3.05) is 0 Å². The number of rotatable bonds is 6. The number of aromatic nitrogens is 2. The molecule has 6 nitrogen and oxygen atoms in total. The third-order valence-electron chi connectivity index (χ3n) is 6.26. The summed E-state index contributed by atoms with van der Waals surface area (Å²) in [6, 6.07) is 14.4. The lowest BCUT2D eigenvalue weighted by Gasteiger charge is -2.46. The Balaban J connectivity index is 1.53. The van der Waals surface area contributed by atoms with Crippen LogP contribution >= 0.6 is 11.6 Å². The van der Waals surface area contributed by atoms with E-state index in [2.05, 4.69) is 49.3 Å². The third-order valence-corrected chi connectivity index (χ3v) is 6.55. The predicted octanol–water partition coefficient (Wildman–Crippen LogP) is 6.59. The van der Waals surface area contributed by atoms with Gasteiger partial charge in [0.1, 0.15) is 23.1 Å². The molecule has 1 N–H and O–H groups in total. The van der Waals surface area contributed by atoms with Gasteiger partial charge in [0.25, 0.3) is 0 Å². The smallest absolute Gasteiger partial charge is 0.163 e. The average molecular weight is 489 g/mol. The molecule has 1 aliphatic rings. The number of nitrogens with zero attached hydrogens (tertiary/aromatic N) is 3. The van der Waals surface area contributed by atoms with Gasteiger partial charge in [0.2, 0.25) is 0 Å². The average Bonchev–Trinajstić information content (AvgIpc) is 2.78. The molecule has 35 heavy (non-hydrogen) atoms. The van der Waals surface area contributed by atoms with Crippen LogP contribution in [-0.2, 0) is 0 Å². The van der Waals surface area contributed by atoms with E-state index in [0.717, 1.165) is 18.4 Å². The number of nitriles is 1. The zero-order chi connectivity index (χ0) is 25.2. The van der Waals surface area contributed by atoms with Crippen molar-refractivity contribution in [1.29, 1.82) is 5.26 Å². The lowest BCUT2D eigenvalue weighted by atomic mass is 9.74. The van der Waals surface area contributed by atoms with Gasteiger partial charge in [0, 0.05) is 34.2 Å². The van der Waals surface area contributed by atoms with Gasteiger partial charge in [-0.05, 0) is 76.8 Å². The molecule has 0 unspecified atom stereocenters. The Kier molecular flexibility index (Phi) is 6.93. The lowest BCUT2D eigenvalue weighted by Crippen LogP contribution is -2.57. The molecule has 180 valence electrons. The Labute approximate surface area is 211 Å². The van der Waals surface area contributed by atoms with Crippen LogP contribution < -0.4 is 10.1 Å². The predicted molar refractivity (Wildman–Crippen MR) is 137 cm³/mol. The Morgan fingerprint density at radius 1 is 1.11 bits per heavy atom. The molecule has 1 aromatic heterocycles. The lowest BCUT2D eigenvalue weighted by molar-refractivity contribution is 0.0864. The number of Topliss-reactive ketones (excluding diaryl/α,β-unsaturated/α-hetero) is 1. The van der Waals surface area contributed by atoms with E-state index in [4.69, 9.17) is 16.3 Å². The molecule has 0 radical (unpaired) electrons. The van der Waals surface area contributed by atoms with E-state index in [1.165, 1.54) is 0 Å². The zero-order valence-corrected chi connectivity index (χ0v) is 21.2. The third kappa shape index (κ3) is 5.87. The number of benzene rings is 2. The quantitative estimate of drug-likeness (QED) is 0.394. The molecule has 1 aliphatic heterocycles. The molecule has 2 aromatic carbocycles. The summed E-state index contributed by atoms with van der Waals surface area (Å²) in [4.78, 5) is 13.1. The highest BCUT2D eigenvalue weighted by Crippen LogP contribution is 2.38. The summed E-state index contributed by atoms with van der Waals surface area (Å²) >= 11 is 6.52. The highest BCUT2D eigenvalue weighted by Gasteiger charge is 2.38. The molecule has 1 fully saturated rings. The SMILES string of the molecule is CC1(C)CC(CC(=O)c2ccc(Oc3cccc(-c4ccnnc4)c3C#N)c(Cl)c2)CC(C)(C)N1. The number of nitrogens with one attached hydrogen (secondary N) is 1. The van der Waals surface area contributed by atoms with Crippen molar-refractivity contribution in [1.82, 2.24) is 15.5 Å². The van der Waals surface area contributed by atoms with Crippen molar-refractivity contribution in [3.05, 3.63) is 71.0 Å². The number of hydrogen-bond donors (Lipinski definition) is 1. The maximum Gasteiger partial charge on any atom is 0.163 e. The van der Waals surface area contributed by atoms with Crippen LogP contribution in [0.2, 0.25) is 5.02 Å². The molecule has 1 saturated heterocycles. The van der Waals surface area contributed by atoms with Gasteiger partial charge in [-0.25, -0.2) is 0 Å². The Morgan fingerprint density at radius 3 is 2.49 bits per heavy atom. The fourth-order valence-corrected chi connectivity index (χ4v) is 5.57. The normalized spacial score (nSPS) is 16.9. The first-order valence-corrected chi connectivity index (χ1v) is 12.0. The molecule has 0 amide bonds. The molecule has 7 heteroatoms. The van der Waals surface area contributed by atoms with E-state index < -0.39 is 0 Å². The summed E-state index contributed by atoms with van der Waals surface area (Å²) in [5.74, 6) is 1.13. The van der Waals surface area contributed by atoms with Crippen molar-refractivity contribution in [2.24, 2.45) is 5.92 Å². The Morgan fingerprint density at radius 2 is 1.86 bits per heavy atom. The van der Waals surface area contributed by atoms with Crippen molar-refractivity contribution >= 4 is 17.4 Å². The van der Waals surface area contributed by atoms with Crippen molar-refractivity contribution in [3.8, 4) is 28.7 Å². The van der Waals surface area contributed by atoms with E-state index in [0.29, 0.717) is 45.6 Å². The fourth-order valence-electron chi connectivity index (χ4n) is 5.36. The van der Waals surface area contributed by atoms with E-state index in [1.54, 1.807) is 48.8 Å². The minimum absolute atomic E-state index is 0.0125. The number of hydrogen-bond acceptors (Lipinski definition) is 6. The fraction of sp³-hybridized carbons (Fsp3) is 0.357. The summed E-state index contributed by atoms with van der Waals surface area (Å²) in [5, 5.41) is 21.5. The topological polar surface area (TPSA) is 87.9 Å². The second-order valence-corrected chi connectivity index (χ2v) is 10.9. The number of halogens is 1. The van der Waals surface area contributed by atoms with Crippen molar-refractivity contribution in [3.63, 3.8) is 0 Å². The second kappa shape index (κ2) is 9.77. The maximum absolute atomic E-state index is 13.1. The maximum atomic E-state index is 13.1. The Hall–Kier alpha value is -3.27. The van der Waals surface area contributed by atoms with Gasteiger partial charge in [-0.15, -0.1) is 0 Å². The molecule has 0 aliphatic carbocycles. The summed E-state index contributed by atoms with van der Waals surface area (Å²) in [6.07, 6.45) is 5.53. The highest BCUT2D eigenvalue weighted by molar-refractivity contribution is 6.32. The Bertz CT molecular complexity index is 1270. The molecule has 0 spiro atoms. The first-order chi connectivity index (χ1) is 16.6. The van der Waals surface area contributed by atoms with Crippen LogP contribution in [0.4, 0.5) is 0 Å². The van der Waals surface area contributed by atoms with Crippen LogP contribution in [0.25, 0.3) is 11.1 Å². The number of carbonyl (C=O) groups excluding carboxylic acids is 1. The van der Waals surface area contributed by atoms with E-state index in [1.807, 2.05) is 6.07 Å². The monoisotopic (exact) mass is 488 g/mol. The highest BCUT2D eigenvalue weighted by atomic mass is 35.5. The van der Waals surface area contributed by atoms with Gasteiger partial charge < -0.3 is 10.1 Å². The standard InChI is InChI=1S/C28H29ClN4O2/c1-27(2)14-18(15-28(3,4)33-27)12-24(34)19-8-9-26(23(29)13-19)35-25-7-5-6-21(22(25)16-30)20-10-11-31-32-17-20/h5-11,13,17-18,33H,12,14-15H2,1-4H3. The van der Waals surface area contributed by atoms with Crippen LogP contribution in [0.1, 0.15) is 62.9 Å². The number of ether oxygens (including phenoxy) is 1. The second-order valence-electron chi connectivity index (χ2n) is 10.5. The van der Waals surface area contributed by atoms with Gasteiger partial charge >= 0.3 is 0 Å². The van der Waals surface area contributed by atoms with E-state index in [-0.39, 0.29) is 16.9 Å². The van der Waals surface area contributed by atoms with E-state index in [9.17, 15) is 10.1 Å². The number of ketones is 1. The summed E-state index contributed by atoms with van der Waals surface area (Å²) < 4.78 is 6.02. The van der Waals surface area contributed by atoms with Crippen LogP contribution in [0.15, 0.2) is 54.9 Å².